The van der Waals surface area contributed by atoms with Gasteiger partial charge in [0.25, 0.3) is 10.0 Å². The van der Waals surface area contributed by atoms with Gasteiger partial charge in [0.1, 0.15) is 4.21 Å². The third-order valence-electron chi connectivity index (χ3n) is 3.46. The Labute approximate surface area is 118 Å². The summed E-state index contributed by atoms with van der Waals surface area (Å²) in [4.78, 5) is 1.03. The fourth-order valence-electron chi connectivity index (χ4n) is 2.25. The topological polar surface area (TPSA) is 37.4 Å². The number of hydrogen-bond acceptors (Lipinski definition) is 3. The summed E-state index contributed by atoms with van der Waals surface area (Å²) in [5.74, 6) is 0.434. The van der Waals surface area contributed by atoms with Crippen LogP contribution in [0.2, 0.25) is 0 Å². The van der Waals surface area contributed by atoms with Crippen LogP contribution in [-0.2, 0) is 10.0 Å². The van der Waals surface area contributed by atoms with Crippen LogP contribution < -0.4 is 0 Å². The molecule has 1 aliphatic rings. The lowest BCUT2D eigenvalue weighted by atomic mass is 9.95. The number of thiophene rings is 1. The van der Waals surface area contributed by atoms with Gasteiger partial charge in [0.05, 0.1) is 0 Å². The minimum atomic E-state index is -3.28. The van der Waals surface area contributed by atoms with E-state index in [2.05, 4.69) is 0 Å². The molecule has 0 bridgehead atoms. The first-order chi connectivity index (χ1) is 8.41. The van der Waals surface area contributed by atoms with Crippen molar-refractivity contribution in [3.63, 3.8) is 0 Å². The van der Waals surface area contributed by atoms with Crippen LogP contribution in [0, 0.1) is 12.8 Å². The summed E-state index contributed by atoms with van der Waals surface area (Å²) < 4.78 is 26.8. The molecule has 0 saturated carbocycles. The summed E-state index contributed by atoms with van der Waals surface area (Å²) in [7, 11) is -3.28. The van der Waals surface area contributed by atoms with Gasteiger partial charge in [0.15, 0.2) is 0 Å². The predicted molar refractivity (Wildman–Crippen MR) is 75.9 cm³/mol. The number of sulfonamides is 1. The van der Waals surface area contributed by atoms with Crippen molar-refractivity contribution in [1.29, 1.82) is 0 Å². The van der Waals surface area contributed by atoms with E-state index < -0.39 is 10.0 Å². The Morgan fingerprint density at radius 2 is 2.00 bits per heavy atom. The van der Waals surface area contributed by atoms with Crippen molar-refractivity contribution in [1.82, 2.24) is 4.31 Å². The first-order valence-electron chi connectivity index (χ1n) is 6.12. The minimum Gasteiger partial charge on any atom is -0.206 e. The number of rotatable bonds is 3. The van der Waals surface area contributed by atoms with Crippen LogP contribution >= 0.6 is 22.9 Å². The van der Waals surface area contributed by atoms with Gasteiger partial charge >= 0.3 is 0 Å². The molecular formula is C12H18ClNO2S2. The highest BCUT2D eigenvalue weighted by Crippen LogP contribution is 2.30. The number of halogens is 1. The Morgan fingerprint density at radius 3 is 2.44 bits per heavy atom. The van der Waals surface area contributed by atoms with Crippen LogP contribution in [0.4, 0.5) is 0 Å². The van der Waals surface area contributed by atoms with Gasteiger partial charge in [0.2, 0.25) is 0 Å². The molecule has 1 aromatic rings. The average molecular weight is 308 g/mol. The molecule has 102 valence electrons. The number of alkyl halides is 1. The van der Waals surface area contributed by atoms with Crippen LogP contribution in [0.25, 0.3) is 0 Å². The van der Waals surface area contributed by atoms with E-state index in [1.54, 1.807) is 10.4 Å². The smallest absolute Gasteiger partial charge is 0.206 e. The van der Waals surface area contributed by atoms with Crippen molar-refractivity contribution in [3.8, 4) is 0 Å². The van der Waals surface area contributed by atoms with Gasteiger partial charge in [-0.2, -0.15) is 4.31 Å². The lowest BCUT2D eigenvalue weighted by Gasteiger charge is -2.31. The summed E-state index contributed by atoms with van der Waals surface area (Å²) in [6.07, 6.45) is 1.71. The molecule has 2 rings (SSSR count). The molecule has 1 saturated heterocycles. The van der Waals surface area contributed by atoms with Gasteiger partial charge in [-0.25, -0.2) is 8.42 Å². The lowest BCUT2D eigenvalue weighted by molar-refractivity contribution is 0.272. The van der Waals surface area contributed by atoms with Crippen LogP contribution in [-0.4, -0.2) is 31.2 Å². The van der Waals surface area contributed by atoms with Gasteiger partial charge in [-0.05, 0) is 44.7 Å². The molecule has 18 heavy (non-hydrogen) atoms. The summed E-state index contributed by atoms with van der Waals surface area (Å²) in [5.41, 5.74) is 0. The molecule has 6 heteroatoms. The number of aryl methyl sites for hydroxylation is 1. The molecule has 2 heterocycles. The zero-order chi connectivity index (χ0) is 13.3. The number of hydrogen-bond donors (Lipinski definition) is 0. The van der Waals surface area contributed by atoms with Gasteiger partial charge in [-0.15, -0.1) is 22.9 Å². The first-order valence-corrected chi connectivity index (χ1v) is 8.81. The van der Waals surface area contributed by atoms with Crippen LogP contribution in [0.1, 0.15) is 24.6 Å². The lowest BCUT2D eigenvalue weighted by Crippen LogP contribution is -2.39. The maximum atomic E-state index is 12.4. The third-order valence-corrected chi connectivity index (χ3v) is 7.18. The van der Waals surface area contributed by atoms with Crippen LogP contribution in [0.5, 0.6) is 0 Å². The number of nitrogens with zero attached hydrogens (tertiary/aromatic N) is 1. The average Bonchev–Trinajstić information content (AvgIpc) is 2.76. The van der Waals surface area contributed by atoms with Crippen molar-refractivity contribution in [2.75, 3.05) is 13.1 Å². The number of piperidine rings is 1. The highest BCUT2D eigenvalue weighted by Gasteiger charge is 2.31. The molecule has 1 aliphatic heterocycles. The van der Waals surface area contributed by atoms with E-state index in [4.69, 9.17) is 11.6 Å². The second kappa shape index (κ2) is 5.49. The molecule has 1 aromatic heterocycles. The largest absolute Gasteiger partial charge is 0.252 e. The molecule has 0 radical (unpaired) electrons. The zero-order valence-corrected chi connectivity index (χ0v) is 13.0. The Kier molecular flexibility index (Phi) is 4.36. The van der Waals surface area contributed by atoms with Crippen LogP contribution in [0.15, 0.2) is 16.3 Å². The summed E-state index contributed by atoms with van der Waals surface area (Å²) in [6, 6.07) is 3.55. The molecule has 0 aromatic carbocycles. The summed E-state index contributed by atoms with van der Waals surface area (Å²) in [5, 5.41) is 0.124. The standard InChI is InChI=1S/C12H18ClNO2S2/c1-9-3-4-12(17-9)18(15,16)14-7-5-11(6-8-14)10(2)13/h3-4,10-11H,5-8H2,1-2H3. The molecule has 1 fully saturated rings. The van der Waals surface area contributed by atoms with E-state index in [0.29, 0.717) is 23.2 Å². The molecular weight excluding hydrogens is 290 g/mol. The van der Waals surface area contributed by atoms with E-state index >= 15 is 0 Å². The van der Waals surface area contributed by atoms with E-state index in [-0.39, 0.29) is 5.38 Å². The quantitative estimate of drug-likeness (QED) is 0.805. The minimum absolute atomic E-state index is 0.124. The SMILES string of the molecule is Cc1ccc(S(=O)(=O)N2CCC(C(C)Cl)CC2)s1. The Morgan fingerprint density at radius 1 is 1.39 bits per heavy atom. The van der Waals surface area contributed by atoms with E-state index in [1.807, 2.05) is 19.9 Å². The fraction of sp³-hybridized carbons (Fsp3) is 0.667. The molecule has 0 amide bonds. The molecule has 0 aliphatic carbocycles. The van der Waals surface area contributed by atoms with Gasteiger partial charge < -0.3 is 0 Å². The normalized spacial score (nSPS) is 21.1. The maximum Gasteiger partial charge on any atom is 0.252 e. The van der Waals surface area contributed by atoms with E-state index in [9.17, 15) is 8.42 Å². The van der Waals surface area contributed by atoms with E-state index in [0.717, 1.165) is 17.7 Å². The van der Waals surface area contributed by atoms with Crippen molar-refractivity contribution in [3.05, 3.63) is 17.0 Å². The van der Waals surface area contributed by atoms with Crippen molar-refractivity contribution in [2.45, 2.75) is 36.3 Å². The Bertz CT molecular complexity index is 502. The molecule has 1 atom stereocenters. The van der Waals surface area contributed by atoms with Gasteiger partial charge in [-0.1, -0.05) is 0 Å². The molecule has 0 N–H and O–H groups in total. The maximum absolute atomic E-state index is 12.4. The Balaban J connectivity index is 2.09. The molecule has 0 spiro atoms. The predicted octanol–water partition coefficient (Wildman–Crippen LogP) is 3.08. The fourth-order valence-corrected chi connectivity index (χ4v) is 5.41. The monoisotopic (exact) mass is 307 g/mol. The third kappa shape index (κ3) is 2.90. The summed E-state index contributed by atoms with van der Waals surface area (Å²) >= 11 is 7.41. The second-order valence-corrected chi connectivity index (χ2v) is 8.93. The first kappa shape index (κ1) is 14.3. The Hall–Kier alpha value is -0.100. The molecule has 1 unspecified atom stereocenters. The highest BCUT2D eigenvalue weighted by molar-refractivity contribution is 7.91. The second-order valence-electron chi connectivity index (χ2n) is 4.78. The van der Waals surface area contributed by atoms with Crippen molar-refractivity contribution < 1.29 is 8.42 Å². The molecule has 3 nitrogen and oxygen atoms in total. The van der Waals surface area contributed by atoms with Gasteiger partial charge in [0, 0.05) is 23.3 Å². The zero-order valence-electron chi connectivity index (χ0n) is 10.6. The van der Waals surface area contributed by atoms with Crippen molar-refractivity contribution in [2.24, 2.45) is 5.92 Å². The highest BCUT2D eigenvalue weighted by atomic mass is 35.5. The van der Waals surface area contributed by atoms with Crippen molar-refractivity contribution >= 4 is 33.0 Å². The van der Waals surface area contributed by atoms with Crippen LogP contribution in [0.3, 0.4) is 0 Å². The van der Waals surface area contributed by atoms with E-state index in [1.165, 1.54) is 11.3 Å². The summed E-state index contributed by atoms with van der Waals surface area (Å²) in [6.45, 7) is 5.08. The van der Waals surface area contributed by atoms with Gasteiger partial charge in [-0.3, -0.25) is 0 Å².